The zero-order chi connectivity index (χ0) is 19.3. The lowest BCUT2D eigenvalue weighted by atomic mass is 9.96. The van der Waals surface area contributed by atoms with Crippen LogP contribution in [-0.2, 0) is 0 Å². The molecule has 0 amide bonds. The fraction of sp³-hybridized carbons (Fsp3) is 0.190. The van der Waals surface area contributed by atoms with E-state index in [0.29, 0.717) is 22.7 Å². The normalized spacial score (nSPS) is 14.4. The number of halogens is 1. The number of phenols is 1. The molecule has 1 aliphatic rings. The standard InChI is InChI=1S/C21H18FN5O/c1-12-10-27-11-13(6-18(22)21(27)24-12)17-7-15(28)2-3-16(17)20-5-4-19(25-26-20)14-8-23-9-14/h2-7,10-11,14,23,28H,8-9H2,1H3. The van der Waals surface area contributed by atoms with Crippen molar-refractivity contribution in [2.45, 2.75) is 12.8 Å². The van der Waals surface area contributed by atoms with Gasteiger partial charge in [0.25, 0.3) is 0 Å². The predicted molar refractivity (Wildman–Crippen MR) is 104 cm³/mol. The second-order valence-corrected chi connectivity index (χ2v) is 7.12. The maximum absolute atomic E-state index is 14.6. The van der Waals surface area contributed by atoms with E-state index < -0.39 is 5.82 Å². The average Bonchev–Trinajstić information content (AvgIpc) is 3.02. The maximum Gasteiger partial charge on any atom is 0.173 e. The van der Waals surface area contributed by atoms with E-state index in [9.17, 15) is 9.50 Å². The molecule has 0 atom stereocenters. The summed E-state index contributed by atoms with van der Waals surface area (Å²) in [6.45, 7) is 3.66. The molecule has 0 saturated carbocycles. The van der Waals surface area contributed by atoms with Crippen LogP contribution in [0.1, 0.15) is 17.3 Å². The molecule has 0 bridgehead atoms. The summed E-state index contributed by atoms with van der Waals surface area (Å²) < 4.78 is 16.2. The van der Waals surface area contributed by atoms with Gasteiger partial charge in [0.1, 0.15) is 5.75 Å². The Balaban J connectivity index is 1.63. The van der Waals surface area contributed by atoms with Gasteiger partial charge in [-0.05, 0) is 48.9 Å². The molecule has 4 heterocycles. The van der Waals surface area contributed by atoms with E-state index >= 15 is 0 Å². The van der Waals surface area contributed by atoms with Gasteiger partial charge in [-0.1, -0.05) is 0 Å². The molecule has 0 radical (unpaired) electrons. The number of aryl methyl sites for hydroxylation is 1. The van der Waals surface area contributed by atoms with Gasteiger partial charge in [-0.15, -0.1) is 0 Å². The van der Waals surface area contributed by atoms with Crippen LogP contribution in [0.5, 0.6) is 5.75 Å². The number of hydrogen-bond acceptors (Lipinski definition) is 5. The van der Waals surface area contributed by atoms with Crippen molar-refractivity contribution >= 4 is 5.65 Å². The summed E-state index contributed by atoms with van der Waals surface area (Å²) >= 11 is 0. The first-order valence-electron chi connectivity index (χ1n) is 9.11. The topological polar surface area (TPSA) is 75.3 Å². The highest BCUT2D eigenvalue weighted by atomic mass is 19.1. The molecule has 6 nitrogen and oxygen atoms in total. The maximum atomic E-state index is 14.6. The van der Waals surface area contributed by atoms with Crippen molar-refractivity contribution < 1.29 is 9.50 Å². The first-order chi connectivity index (χ1) is 13.6. The lowest BCUT2D eigenvalue weighted by molar-refractivity contribution is 0.436. The Morgan fingerprint density at radius 1 is 1.07 bits per heavy atom. The van der Waals surface area contributed by atoms with Gasteiger partial charge in [0.2, 0.25) is 0 Å². The minimum absolute atomic E-state index is 0.103. The zero-order valence-corrected chi connectivity index (χ0v) is 15.2. The van der Waals surface area contributed by atoms with Crippen molar-refractivity contribution in [1.29, 1.82) is 0 Å². The number of fused-ring (bicyclic) bond motifs is 1. The molecule has 1 fully saturated rings. The van der Waals surface area contributed by atoms with E-state index in [4.69, 9.17) is 0 Å². The largest absolute Gasteiger partial charge is 0.508 e. The molecule has 28 heavy (non-hydrogen) atoms. The predicted octanol–water partition coefficient (Wildman–Crippen LogP) is 3.30. The van der Waals surface area contributed by atoms with Crippen LogP contribution < -0.4 is 5.32 Å². The van der Waals surface area contributed by atoms with Crippen LogP contribution in [0.15, 0.2) is 48.8 Å². The van der Waals surface area contributed by atoms with Gasteiger partial charge in [0, 0.05) is 42.5 Å². The van der Waals surface area contributed by atoms with E-state index in [0.717, 1.165) is 30.0 Å². The molecule has 3 aromatic heterocycles. The molecule has 140 valence electrons. The van der Waals surface area contributed by atoms with Crippen molar-refractivity contribution in [2.75, 3.05) is 13.1 Å². The molecule has 0 spiro atoms. The molecule has 5 rings (SSSR count). The summed E-state index contributed by atoms with van der Waals surface area (Å²) in [4.78, 5) is 4.20. The average molecular weight is 375 g/mol. The van der Waals surface area contributed by atoms with Crippen molar-refractivity contribution in [2.24, 2.45) is 0 Å². The fourth-order valence-electron chi connectivity index (χ4n) is 3.52. The molecule has 1 aliphatic heterocycles. The Bertz CT molecular complexity index is 1180. The Morgan fingerprint density at radius 2 is 1.93 bits per heavy atom. The number of nitrogens with zero attached hydrogens (tertiary/aromatic N) is 4. The summed E-state index contributed by atoms with van der Waals surface area (Å²) in [6.07, 6.45) is 3.57. The van der Waals surface area contributed by atoms with Crippen LogP contribution in [0.4, 0.5) is 4.39 Å². The zero-order valence-electron chi connectivity index (χ0n) is 15.2. The monoisotopic (exact) mass is 375 g/mol. The molecule has 7 heteroatoms. The molecular weight excluding hydrogens is 357 g/mol. The SMILES string of the molecule is Cc1cn2cc(-c3cc(O)ccc3-c3ccc(C4CNC4)nn3)cc(F)c2n1. The minimum atomic E-state index is -0.418. The lowest BCUT2D eigenvalue weighted by Crippen LogP contribution is -2.40. The van der Waals surface area contributed by atoms with Gasteiger partial charge in [0.15, 0.2) is 11.5 Å². The number of benzene rings is 1. The Hall–Kier alpha value is -3.32. The third kappa shape index (κ3) is 2.80. The molecule has 0 aliphatic carbocycles. The summed E-state index contributed by atoms with van der Waals surface area (Å²) in [5.41, 5.74) is 4.74. The molecule has 1 aromatic carbocycles. The van der Waals surface area contributed by atoms with Crippen LogP contribution in [0.25, 0.3) is 28.0 Å². The lowest BCUT2D eigenvalue weighted by Gasteiger charge is -2.25. The Morgan fingerprint density at radius 3 is 2.64 bits per heavy atom. The van der Waals surface area contributed by atoms with Crippen molar-refractivity contribution in [1.82, 2.24) is 24.9 Å². The highest BCUT2D eigenvalue weighted by Gasteiger charge is 2.21. The highest BCUT2D eigenvalue weighted by Crippen LogP contribution is 2.35. The highest BCUT2D eigenvalue weighted by molar-refractivity contribution is 5.83. The first kappa shape index (κ1) is 16.8. The number of nitrogens with one attached hydrogen (secondary N) is 1. The van der Waals surface area contributed by atoms with Crippen molar-refractivity contribution in [3.05, 3.63) is 66.0 Å². The van der Waals surface area contributed by atoms with Gasteiger partial charge in [-0.2, -0.15) is 10.2 Å². The molecule has 1 saturated heterocycles. The van der Waals surface area contributed by atoms with E-state index in [1.165, 1.54) is 6.07 Å². The second kappa shape index (κ2) is 6.38. The fourth-order valence-corrected chi connectivity index (χ4v) is 3.52. The van der Waals surface area contributed by atoms with Gasteiger partial charge in [-0.25, -0.2) is 9.37 Å². The van der Waals surface area contributed by atoms with E-state index in [2.05, 4.69) is 20.5 Å². The quantitative estimate of drug-likeness (QED) is 0.575. The van der Waals surface area contributed by atoms with Crippen LogP contribution in [0.3, 0.4) is 0 Å². The molecule has 0 unspecified atom stereocenters. The summed E-state index contributed by atoms with van der Waals surface area (Å²) in [5.74, 6) is 0.0896. The van der Waals surface area contributed by atoms with Gasteiger partial charge < -0.3 is 14.8 Å². The first-order valence-corrected chi connectivity index (χ1v) is 9.11. The van der Waals surface area contributed by atoms with E-state index in [-0.39, 0.29) is 11.4 Å². The number of rotatable bonds is 3. The number of aromatic hydroxyl groups is 1. The number of aromatic nitrogens is 4. The van der Waals surface area contributed by atoms with E-state index in [1.807, 2.05) is 19.1 Å². The third-order valence-electron chi connectivity index (χ3n) is 5.10. The minimum Gasteiger partial charge on any atom is -0.508 e. The van der Waals surface area contributed by atoms with Crippen LogP contribution >= 0.6 is 0 Å². The summed E-state index contributed by atoms with van der Waals surface area (Å²) in [5, 5.41) is 22.0. The Labute approximate surface area is 160 Å². The van der Waals surface area contributed by atoms with Gasteiger partial charge >= 0.3 is 0 Å². The van der Waals surface area contributed by atoms with Crippen LogP contribution in [-0.4, -0.2) is 37.8 Å². The van der Waals surface area contributed by atoms with Crippen molar-refractivity contribution in [3.8, 4) is 28.1 Å². The smallest absolute Gasteiger partial charge is 0.173 e. The number of pyridine rings is 1. The van der Waals surface area contributed by atoms with Gasteiger partial charge in [-0.3, -0.25) is 0 Å². The van der Waals surface area contributed by atoms with Crippen LogP contribution in [0.2, 0.25) is 0 Å². The summed E-state index contributed by atoms with van der Waals surface area (Å²) in [7, 11) is 0. The molecule has 2 N–H and O–H groups in total. The van der Waals surface area contributed by atoms with Crippen molar-refractivity contribution in [3.63, 3.8) is 0 Å². The number of imidazole rings is 1. The third-order valence-corrected chi connectivity index (χ3v) is 5.10. The Kier molecular flexibility index (Phi) is 3.84. The number of hydrogen-bond donors (Lipinski definition) is 2. The van der Waals surface area contributed by atoms with E-state index in [1.54, 1.807) is 35.0 Å². The van der Waals surface area contributed by atoms with Crippen LogP contribution in [0, 0.1) is 12.7 Å². The van der Waals surface area contributed by atoms with Gasteiger partial charge in [0.05, 0.1) is 17.1 Å². The molecule has 4 aromatic rings. The summed E-state index contributed by atoms with van der Waals surface area (Å²) in [6, 6.07) is 10.3. The molecular formula is C21H18FN5O. The second-order valence-electron chi connectivity index (χ2n) is 7.12. The number of phenolic OH excluding ortho intramolecular Hbond substituents is 1.